The Kier molecular flexibility index (Phi) is 26.4. The molecule has 0 saturated carbocycles. The third-order valence-electron chi connectivity index (χ3n) is 11.9. The average molecular weight is 998 g/mol. The quantitative estimate of drug-likeness (QED) is 0.0434. The van der Waals surface area contributed by atoms with E-state index in [0.717, 1.165) is 55.9 Å². The van der Waals surface area contributed by atoms with E-state index in [-0.39, 0.29) is 25.1 Å². The Bertz CT molecular complexity index is 1800. The van der Waals surface area contributed by atoms with Gasteiger partial charge in [-0.1, -0.05) is 110 Å². The summed E-state index contributed by atoms with van der Waals surface area (Å²) in [6, 6.07) is 1.26. The van der Waals surface area contributed by atoms with Crippen LogP contribution in [0.3, 0.4) is 0 Å². The van der Waals surface area contributed by atoms with Crippen LogP contribution in [0.4, 0.5) is 5.82 Å². The van der Waals surface area contributed by atoms with Crippen molar-refractivity contribution < 1.29 is 81.6 Å². The monoisotopic (exact) mass is 997 g/mol. The molecule has 3 rings (SSSR count). The molecule has 2 unspecified atom stereocenters. The number of carbonyl (C=O) groups excluding carboxylic acids is 2. The van der Waals surface area contributed by atoms with E-state index in [1.807, 2.05) is 6.92 Å². The molecule has 0 aliphatic carbocycles. The number of nitrogen functional groups attached to an aromatic ring is 1. The van der Waals surface area contributed by atoms with Crippen molar-refractivity contribution in [2.75, 3.05) is 25.6 Å². The molecule has 2 aliphatic rings. The van der Waals surface area contributed by atoms with Gasteiger partial charge in [0.2, 0.25) is 0 Å². The van der Waals surface area contributed by atoms with Gasteiger partial charge in [0.25, 0.3) is 0 Å². The fraction of sp³-hybridized carbons (Fsp3) is 0.818. The van der Waals surface area contributed by atoms with Crippen molar-refractivity contribution in [3.8, 4) is 0 Å². The van der Waals surface area contributed by atoms with Crippen molar-refractivity contribution in [2.45, 2.75) is 192 Å². The van der Waals surface area contributed by atoms with Gasteiger partial charge in [0.1, 0.15) is 30.9 Å². The molecule has 386 valence electrons. The zero-order valence-corrected chi connectivity index (χ0v) is 41.0. The molecule has 23 heteroatoms. The standard InChI is InChI=1S/C44H77N3O18P2/c1-4-5-12-18-31(48)22-23-33-35(49)26-36(50)34-19-14-10-11-15-20-39(51)60-27-32(63-40(52)21-16-9-7-6-8-13-17-30(2)3)28-61-66(56,57)65-67(58,59)62-29-37(42(54)41(33)53)64-43(34)47-25-24-38(45)46-44(47)55/h22-25,30-37,41-43,48-50,53-54H,4-21,26-29H2,1-3H3,(H,56,57)(H,58,59)(H2,45,46,55)/b23-22+/t31-,32+,33-,34-,35+,36-,37+,41-,42+,43+/m0/s1. The molecule has 0 amide bonds. The number of ether oxygens (including phenoxy) is 3. The first-order valence-electron chi connectivity index (χ1n) is 23.8. The molecule has 9 N–H and O–H groups in total. The second-order valence-electron chi connectivity index (χ2n) is 18.1. The van der Waals surface area contributed by atoms with Gasteiger partial charge < -0.3 is 55.3 Å². The molecule has 12 atom stereocenters. The van der Waals surface area contributed by atoms with Crippen LogP contribution in [-0.2, 0) is 46.3 Å². The number of rotatable bonds is 17. The number of hydrogen-bond donors (Lipinski definition) is 8. The van der Waals surface area contributed by atoms with Crippen molar-refractivity contribution in [1.82, 2.24) is 9.55 Å². The highest BCUT2D eigenvalue weighted by atomic mass is 31.3. The number of anilines is 1. The zero-order chi connectivity index (χ0) is 49.6. The van der Waals surface area contributed by atoms with Crippen LogP contribution >= 0.6 is 15.6 Å². The summed E-state index contributed by atoms with van der Waals surface area (Å²) in [7, 11) is -11.3. The predicted octanol–water partition coefficient (Wildman–Crippen LogP) is 5.12. The van der Waals surface area contributed by atoms with E-state index in [9.17, 15) is 58.8 Å². The third-order valence-corrected chi connectivity index (χ3v) is 14.5. The Hall–Kier alpha value is -2.62. The number of fused-ring (bicyclic) bond motifs is 3. The zero-order valence-electron chi connectivity index (χ0n) is 39.2. The number of carbonyl (C=O) groups is 2. The first-order chi connectivity index (χ1) is 31.7. The van der Waals surface area contributed by atoms with E-state index in [0.29, 0.717) is 50.9 Å². The number of esters is 2. The number of nitrogens with two attached hydrogens (primary N) is 1. The summed E-state index contributed by atoms with van der Waals surface area (Å²) in [5.41, 5.74) is 4.80. The van der Waals surface area contributed by atoms with Crippen LogP contribution in [0.25, 0.3) is 0 Å². The lowest BCUT2D eigenvalue weighted by Crippen LogP contribution is -2.52. The van der Waals surface area contributed by atoms with Crippen LogP contribution in [0.1, 0.15) is 149 Å². The molecule has 0 radical (unpaired) electrons. The van der Waals surface area contributed by atoms with E-state index < -0.39 is 120 Å². The lowest BCUT2D eigenvalue weighted by Gasteiger charge is -2.41. The van der Waals surface area contributed by atoms with Crippen LogP contribution in [-0.4, -0.2) is 119 Å². The van der Waals surface area contributed by atoms with Gasteiger partial charge in [-0.15, -0.1) is 0 Å². The highest BCUT2D eigenvalue weighted by Gasteiger charge is 2.45. The maximum absolute atomic E-state index is 13.3. The van der Waals surface area contributed by atoms with Crippen LogP contribution in [0.15, 0.2) is 29.2 Å². The first kappa shape index (κ1) is 58.7. The predicted molar refractivity (Wildman–Crippen MR) is 245 cm³/mol. The Morgan fingerprint density at radius 2 is 1.55 bits per heavy atom. The van der Waals surface area contributed by atoms with Crippen molar-refractivity contribution in [2.24, 2.45) is 17.8 Å². The van der Waals surface area contributed by atoms with Crippen LogP contribution in [0, 0.1) is 17.8 Å². The fourth-order valence-corrected chi connectivity index (χ4v) is 10.2. The van der Waals surface area contributed by atoms with E-state index in [1.165, 1.54) is 24.4 Å². The molecule has 1 aromatic heterocycles. The molecular formula is C44H77N3O18P2. The highest BCUT2D eigenvalue weighted by molar-refractivity contribution is 7.61. The molecule has 1 aromatic rings. The lowest BCUT2D eigenvalue weighted by molar-refractivity contribution is -0.195. The van der Waals surface area contributed by atoms with Gasteiger partial charge in [0.05, 0.1) is 37.6 Å². The summed E-state index contributed by atoms with van der Waals surface area (Å²) in [4.78, 5) is 64.0. The normalized spacial score (nSPS) is 32.0. The van der Waals surface area contributed by atoms with Gasteiger partial charge in [0, 0.05) is 37.3 Å². The number of nitrogens with zero attached hydrogens (tertiary/aromatic N) is 2. The number of cyclic esters (lactones) is 1. The number of aliphatic hydroxyl groups excluding tert-OH is 5. The average Bonchev–Trinajstić information content (AvgIpc) is 3.24. The highest BCUT2D eigenvalue weighted by Crippen LogP contribution is 2.60. The maximum atomic E-state index is 13.3. The molecule has 21 nitrogen and oxygen atoms in total. The summed E-state index contributed by atoms with van der Waals surface area (Å²) in [6.45, 7) is 3.67. The Labute approximate surface area is 393 Å². The van der Waals surface area contributed by atoms with E-state index in [2.05, 4.69) is 23.1 Å². The smallest absolute Gasteiger partial charge is 0.462 e. The molecule has 2 fully saturated rings. The fourth-order valence-electron chi connectivity index (χ4n) is 8.04. The Balaban J connectivity index is 1.93. The molecule has 2 saturated heterocycles. The van der Waals surface area contributed by atoms with Gasteiger partial charge in [-0.2, -0.15) is 9.29 Å². The number of hydrogen-bond acceptors (Lipinski definition) is 18. The van der Waals surface area contributed by atoms with Gasteiger partial charge in [-0.3, -0.25) is 23.2 Å². The van der Waals surface area contributed by atoms with Crippen molar-refractivity contribution >= 4 is 33.4 Å². The van der Waals surface area contributed by atoms with Crippen LogP contribution in [0.2, 0.25) is 0 Å². The van der Waals surface area contributed by atoms with Gasteiger partial charge in [-0.05, 0) is 37.7 Å². The number of phosphoric acid groups is 2. The van der Waals surface area contributed by atoms with Gasteiger partial charge in [-0.25, -0.2) is 13.9 Å². The summed E-state index contributed by atoms with van der Waals surface area (Å²) in [6.07, 6.45) is 1.47. The molecule has 0 spiro atoms. The number of phosphoric ester groups is 2. The van der Waals surface area contributed by atoms with Crippen LogP contribution < -0.4 is 11.4 Å². The van der Waals surface area contributed by atoms with E-state index in [1.54, 1.807) is 0 Å². The molecule has 2 bridgehead atoms. The summed E-state index contributed by atoms with van der Waals surface area (Å²) >= 11 is 0. The second kappa shape index (κ2) is 30.2. The third kappa shape index (κ3) is 22.3. The summed E-state index contributed by atoms with van der Waals surface area (Å²) < 4.78 is 59.0. The van der Waals surface area contributed by atoms with E-state index >= 15 is 0 Å². The summed E-state index contributed by atoms with van der Waals surface area (Å²) in [5.74, 6) is -3.36. The number of unbranched alkanes of at least 4 members (excludes halogenated alkanes) is 7. The minimum Gasteiger partial charge on any atom is -0.462 e. The van der Waals surface area contributed by atoms with Gasteiger partial charge in [0.15, 0.2) is 6.10 Å². The largest absolute Gasteiger partial charge is 0.481 e. The minimum atomic E-state index is -5.69. The maximum Gasteiger partial charge on any atom is 0.481 e. The molecule has 3 heterocycles. The van der Waals surface area contributed by atoms with Crippen molar-refractivity contribution in [3.05, 3.63) is 34.9 Å². The topological polar surface area (TPSA) is 326 Å². The van der Waals surface area contributed by atoms with E-state index in [4.69, 9.17) is 29.0 Å². The van der Waals surface area contributed by atoms with Gasteiger partial charge >= 0.3 is 33.3 Å². The molecule has 2 aliphatic heterocycles. The van der Waals surface area contributed by atoms with Crippen molar-refractivity contribution in [1.29, 1.82) is 0 Å². The van der Waals surface area contributed by atoms with Crippen LogP contribution in [0.5, 0.6) is 0 Å². The van der Waals surface area contributed by atoms with Crippen molar-refractivity contribution in [3.63, 3.8) is 0 Å². The molecule has 0 aromatic carbocycles. The second-order valence-corrected chi connectivity index (χ2v) is 21.1. The summed E-state index contributed by atoms with van der Waals surface area (Å²) in [5, 5.41) is 57.4. The first-order valence-corrected chi connectivity index (χ1v) is 26.8. The molecule has 67 heavy (non-hydrogen) atoms. The Morgan fingerprint density at radius 1 is 0.896 bits per heavy atom. The number of aromatic nitrogens is 2. The minimum absolute atomic E-state index is 0.00636. The lowest BCUT2D eigenvalue weighted by atomic mass is 9.82. The molecular weight excluding hydrogens is 920 g/mol. The SMILES string of the molecule is CCCCC[C@H](O)/C=C/[C@@H]1[C@H](O)[C@H](O)[C@H]2COP(=O)(O)OP(=O)(O)OC[C@H](OC(=O)CCCCCCCCC(C)C)COC(=O)CCCCCC[C@H]([C@H](n3ccc(N)nc3=O)O2)[C@@H](O)C[C@H]1O. The number of aliphatic hydroxyl groups is 5. The Morgan fingerprint density at radius 3 is 2.24 bits per heavy atom.